The van der Waals surface area contributed by atoms with Crippen LogP contribution in [0, 0.1) is 12.8 Å². The highest BCUT2D eigenvalue weighted by molar-refractivity contribution is 7.99. The summed E-state index contributed by atoms with van der Waals surface area (Å²) in [6.45, 7) is 2.14. The van der Waals surface area contributed by atoms with Gasteiger partial charge in [-0.1, -0.05) is 12.1 Å². The Hall–Kier alpha value is -0.670. The smallest absolute Gasteiger partial charge is 0.0393 e. The van der Waals surface area contributed by atoms with Crippen LogP contribution in [0.25, 0.3) is 0 Å². The molecule has 0 bridgehead atoms. The van der Waals surface area contributed by atoms with Gasteiger partial charge in [0, 0.05) is 23.7 Å². The fourth-order valence-electron chi connectivity index (χ4n) is 2.81. The maximum absolute atomic E-state index is 6.40. The summed E-state index contributed by atoms with van der Waals surface area (Å²) in [5.74, 6) is 3.07. The molecule has 3 rings (SSSR count). The molecular weight excluding hydrogens is 216 g/mol. The van der Waals surface area contributed by atoms with Crippen molar-refractivity contribution >= 4 is 17.4 Å². The Labute approximate surface area is 101 Å². The number of nitrogens with two attached hydrogens (primary N) is 1. The number of thioether (sulfide) groups is 1. The molecule has 3 unspecified atom stereocenters. The van der Waals surface area contributed by atoms with Gasteiger partial charge in [0.1, 0.15) is 0 Å². The molecule has 3 atom stereocenters. The molecule has 0 aromatic heterocycles. The minimum atomic E-state index is 0.217. The second-order valence-electron chi connectivity index (χ2n) is 4.89. The van der Waals surface area contributed by atoms with Crippen molar-refractivity contribution < 1.29 is 0 Å². The second-order valence-corrected chi connectivity index (χ2v) is 6.04. The molecule has 0 aliphatic carbocycles. The van der Waals surface area contributed by atoms with E-state index in [1.54, 1.807) is 0 Å². The third kappa shape index (κ3) is 1.62. The fraction of sp³-hybridized carbons (Fsp3) is 0.538. The summed E-state index contributed by atoms with van der Waals surface area (Å²) in [6.07, 6.45) is 1.25. The summed E-state index contributed by atoms with van der Waals surface area (Å²) in [5, 5.41) is 3.68. The maximum atomic E-state index is 6.40. The number of hydrogen-bond donors (Lipinski definition) is 2. The molecule has 86 valence electrons. The number of benzene rings is 1. The highest BCUT2D eigenvalue weighted by Gasteiger charge is 2.36. The van der Waals surface area contributed by atoms with Crippen LogP contribution in [0.4, 0.5) is 5.69 Å². The van der Waals surface area contributed by atoms with Crippen LogP contribution in [0.1, 0.15) is 23.6 Å². The van der Waals surface area contributed by atoms with Crippen molar-refractivity contribution in [3.05, 3.63) is 29.3 Å². The van der Waals surface area contributed by atoms with Gasteiger partial charge in [0.05, 0.1) is 0 Å². The lowest BCUT2D eigenvalue weighted by atomic mass is 9.82. The standard InChI is InChI=1S/C13H18N2S/c1-8-2-3-9-12(6-8)15-11-4-5-16-7-10(11)13(9)14/h2-3,6,10-11,13,15H,4-5,7,14H2,1H3. The summed E-state index contributed by atoms with van der Waals surface area (Å²) in [7, 11) is 0. The Morgan fingerprint density at radius 1 is 1.44 bits per heavy atom. The Bertz CT molecular complexity index is 405. The van der Waals surface area contributed by atoms with Gasteiger partial charge in [-0.3, -0.25) is 0 Å². The molecule has 2 heterocycles. The summed E-state index contributed by atoms with van der Waals surface area (Å²) in [4.78, 5) is 0. The van der Waals surface area contributed by atoms with Gasteiger partial charge in [-0.15, -0.1) is 0 Å². The van der Waals surface area contributed by atoms with Crippen LogP contribution in [0.2, 0.25) is 0 Å². The van der Waals surface area contributed by atoms with E-state index in [0.717, 1.165) is 0 Å². The normalized spacial score (nSPS) is 32.5. The molecule has 1 fully saturated rings. The lowest BCUT2D eigenvalue weighted by molar-refractivity contribution is 0.382. The predicted octanol–water partition coefficient (Wildman–Crippen LogP) is 2.54. The van der Waals surface area contributed by atoms with E-state index in [-0.39, 0.29) is 6.04 Å². The van der Waals surface area contributed by atoms with Gasteiger partial charge in [0.25, 0.3) is 0 Å². The van der Waals surface area contributed by atoms with E-state index in [2.05, 4.69) is 30.4 Å². The van der Waals surface area contributed by atoms with Gasteiger partial charge in [0.2, 0.25) is 0 Å². The molecule has 2 aliphatic heterocycles. The minimum absolute atomic E-state index is 0.217. The number of hydrogen-bond acceptors (Lipinski definition) is 3. The summed E-state index contributed by atoms with van der Waals surface area (Å²) >= 11 is 2.04. The fourth-order valence-corrected chi connectivity index (χ4v) is 4.11. The first-order valence-corrected chi connectivity index (χ1v) is 7.11. The SMILES string of the molecule is Cc1ccc2c(c1)NC1CCSCC1C2N. The molecule has 16 heavy (non-hydrogen) atoms. The third-order valence-electron chi connectivity index (χ3n) is 3.77. The van der Waals surface area contributed by atoms with Crippen molar-refractivity contribution in [2.75, 3.05) is 16.8 Å². The Balaban J connectivity index is 1.99. The molecule has 0 spiro atoms. The van der Waals surface area contributed by atoms with Crippen LogP contribution in [-0.4, -0.2) is 17.5 Å². The van der Waals surface area contributed by atoms with Crippen molar-refractivity contribution in [2.24, 2.45) is 11.7 Å². The Morgan fingerprint density at radius 2 is 2.31 bits per heavy atom. The molecule has 1 saturated heterocycles. The van der Waals surface area contributed by atoms with E-state index < -0.39 is 0 Å². The van der Waals surface area contributed by atoms with Crippen molar-refractivity contribution in [3.8, 4) is 0 Å². The molecule has 2 aliphatic rings. The Kier molecular flexibility index (Phi) is 2.60. The van der Waals surface area contributed by atoms with E-state index in [0.29, 0.717) is 12.0 Å². The average molecular weight is 234 g/mol. The van der Waals surface area contributed by atoms with E-state index in [1.807, 2.05) is 11.8 Å². The zero-order valence-electron chi connectivity index (χ0n) is 9.57. The molecule has 0 saturated carbocycles. The molecule has 3 N–H and O–H groups in total. The van der Waals surface area contributed by atoms with Crippen molar-refractivity contribution in [1.82, 2.24) is 0 Å². The first-order valence-electron chi connectivity index (χ1n) is 5.96. The minimum Gasteiger partial charge on any atom is -0.382 e. The zero-order valence-corrected chi connectivity index (χ0v) is 10.4. The maximum Gasteiger partial charge on any atom is 0.0393 e. The van der Waals surface area contributed by atoms with E-state index in [4.69, 9.17) is 5.73 Å². The van der Waals surface area contributed by atoms with Gasteiger partial charge in [-0.05, 0) is 42.0 Å². The molecule has 0 radical (unpaired) electrons. The summed E-state index contributed by atoms with van der Waals surface area (Å²) in [5.41, 5.74) is 10.3. The van der Waals surface area contributed by atoms with Gasteiger partial charge >= 0.3 is 0 Å². The van der Waals surface area contributed by atoms with Crippen LogP contribution in [0.15, 0.2) is 18.2 Å². The quantitative estimate of drug-likeness (QED) is 0.724. The largest absolute Gasteiger partial charge is 0.382 e. The lowest BCUT2D eigenvalue weighted by Gasteiger charge is -2.41. The van der Waals surface area contributed by atoms with Gasteiger partial charge in [0.15, 0.2) is 0 Å². The van der Waals surface area contributed by atoms with Crippen LogP contribution >= 0.6 is 11.8 Å². The molecular formula is C13H18N2S. The van der Waals surface area contributed by atoms with Gasteiger partial charge in [-0.25, -0.2) is 0 Å². The number of anilines is 1. The molecule has 0 amide bonds. The van der Waals surface area contributed by atoms with E-state index >= 15 is 0 Å². The first kappa shape index (κ1) is 10.5. The molecule has 1 aromatic rings. The van der Waals surface area contributed by atoms with Crippen molar-refractivity contribution in [2.45, 2.75) is 25.4 Å². The number of aryl methyl sites for hydroxylation is 1. The zero-order chi connectivity index (χ0) is 11.1. The Morgan fingerprint density at radius 3 is 3.19 bits per heavy atom. The predicted molar refractivity (Wildman–Crippen MR) is 71.0 cm³/mol. The average Bonchev–Trinajstić information content (AvgIpc) is 2.29. The highest BCUT2D eigenvalue weighted by Crippen LogP contribution is 2.40. The van der Waals surface area contributed by atoms with Crippen molar-refractivity contribution in [3.63, 3.8) is 0 Å². The highest BCUT2D eigenvalue weighted by atomic mass is 32.2. The van der Waals surface area contributed by atoms with Crippen molar-refractivity contribution in [1.29, 1.82) is 0 Å². The molecule has 2 nitrogen and oxygen atoms in total. The summed E-state index contributed by atoms with van der Waals surface area (Å²) in [6, 6.07) is 7.39. The van der Waals surface area contributed by atoms with Crippen LogP contribution in [0.3, 0.4) is 0 Å². The van der Waals surface area contributed by atoms with Crippen LogP contribution in [-0.2, 0) is 0 Å². The number of rotatable bonds is 0. The topological polar surface area (TPSA) is 38.0 Å². The van der Waals surface area contributed by atoms with Gasteiger partial charge in [-0.2, -0.15) is 11.8 Å². The third-order valence-corrected chi connectivity index (χ3v) is 4.92. The van der Waals surface area contributed by atoms with Crippen LogP contribution < -0.4 is 11.1 Å². The summed E-state index contributed by atoms with van der Waals surface area (Å²) < 4.78 is 0. The van der Waals surface area contributed by atoms with Crippen LogP contribution in [0.5, 0.6) is 0 Å². The van der Waals surface area contributed by atoms with E-state index in [9.17, 15) is 0 Å². The second kappa shape index (κ2) is 3.97. The number of nitrogens with one attached hydrogen (secondary N) is 1. The monoisotopic (exact) mass is 234 g/mol. The number of fused-ring (bicyclic) bond motifs is 2. The lowest BCUT2D eigenvalue weighted by Crippen LogP contribution is -2.44. The molecule has 1 aromatic carbocycles. The van der Waals surface area contributed by atoms with E-state index in [1.165, 1.54) is 34.7 Å². The molecule has 3 heteroatoms. The van der Waals surface area contributed by atoms with Gasteiger partial charge < -0.3 is 11.1 Å². The first-order chi connectivity index (χ1) is 7.75.